The standard InChI is InChI=1S/C16H18OS/c1-4-14(17)16-10-9-15(18-16)13-7-5-12(6-8-13)11(2)3/h5-11H,4H2,1-3H3. The molecule has 1 aromatic carbocycles. The molecule has 0 fully saturated rings. The summed E-state index contributed by atoms with van der Waals surface area (Å²) in [5, 5.41) is 0. The molecule has 0 aliphatic heterocycles. The Kier molecular flexibility index (Phi) is 3.97. The predicted molar refractivity (Wildman–Crippen MR) is 78.5 cm³/mol. The topological polar surface area (TPSA) is 17.1 Å². The van der Waals surface area contributed by atoms with Gasteiger partial charge in [0, 0.05) is 11.3 Å². The van der Waals surface area contributed by atoms with Gasteiger partial charge in [-0.25, -0.2) is 0 Å². The summed E-state index contributed by atoms with van der Waals surface area (Å²) in [6.45, 7) is 6.29. The van der Waals surface area contributed by atoms with Crippen LogP contribution >= 0.6 is 11.3 Å². The van der Waals surface area contributed by atoms with E-state index in [-0.39, 0.29) is 5.78 Å². The van der Waals surface area contributed by atoms with Crippen LogP contribution in [0.4, 0.5) is 0 Å². The van der Waals surface area contributed by atoms with Gasteiger partial charge in [-0.15, -0.1) is 11.3 Å². The van der Waals surface area contributed by atoms with Gasteiger partial charge in [0.15, 0.2) is 5.78 Å². The second-order valence-corrected chi connectivity index (χ2v) is 5.80. The Morgan fingerprint density at radius 3 is 2.33 bits per heavy atom. The number of thiophene rings is 1. The molecule has 2 rings (SSSR count). The van der Waals surface area contributed by atoms with Gasteiger partial charge in [-0.05, 0) is 29.2 Å². The summed E-state index contributed by atoms with van der Waals surface area (Å²) in [6.07, 6.45) is 0.576. The minimum absolute atomic E-state index is 0.227. The smallest absolute Gasteiger partial charge is 0.172 e. The first-order valence-corrected chi connectivity index (χ1v) is 7.16. The molecule has 2 heteroatoms. The quantitative estimate of drug-likeness (QED) is 0.695. The van der Waals surface area contributed by atoms with Crippen molar-refractivity contribution in [2.24, 2.45) is 0 Å². The molecule has 0 radical (unpaired) electrons. The molecule has 0 bridgehead atoms. The summed E-state index contributed by atoms with van der Waals surface area (Å²) >= 11 is 1.58. The van der Waals surface area contributed by atoms with E-state index in [2.05, 4.69) is 38.1 Å². The van der Waals surface area contributed by atoms with E-state index in [0.717, 1.165) is 4.88 Å². The van der Waals surface area contributed by atoms with Gasteiger partial charge < -0.3 is 0 Å². The van der Waals surface area contributed by atoms with Crippen molar-refractivity contribution in [3.05, 3.63) is 46.8 Å². The molecule has 0 aliphatic rings. The van der Waals surface area contributed by atoms with Crippen LogP contribution in [0.3, 0.4) is 0 Å². The lowest BCUT2D eigenvalue weighted by Gasteiger charge is -2.05. The monoisotopic (exact) mass is 258 g/mol. The fourth-order valence-electron chi connectivity index (χ4n) is 1.85. The number of ketones is 1. The molecule has 0 amide bonds. The molecule has 18 heavy (non-hydrogen) atoms. The molecule has 1 heterocycles. The maximum atomic E-state index is 11.6. The zero-order chi connectivity index (χ0) is 13.1. The van der Waals surface area contributed by atoms with Crippen LogP contribution in [0.25, 0.3) is 10.4 Å². The van der Waals surface area contributed by atoms with Gasteiger partial charge >= 0.3 is 0 Å². The van der Waals surface area contributed by atoms with Crippen LogP contribution in [0.15, 0.2) is 36.4 Å². The maximum absolute atomic E-state index is 11.6. The van der Waals surface area contributed by atoms with Crippen LogP contribution in [0.2, 0.25) is 0 Å². The lowest BCUT2D eigenvalue weighted by molar-refractivity contribution is 0.0992. The Hall–Kier alpha value is -1.41. The van der Waals surface area contributed by atoms with Crippen molar-refractivity contribution in [3.8, 4) is 10.4 Å². The number of benzene rings is 1. The summed E-state index contributed by atoms with van der Waals surface area (Å²) in [5.41, 5.74) is 2.54. The molecule has 94 valence electrons. The van der Waals surface area contributed by atoms with Crippen LogP contribution < -0.4 is 0 Å². The lowest BCUT2D eigenvalue weighted by atomic mass is 10.0. The Labute approximate surface area is 112 Å². The van der Waals surface area contributed by atoms with E-state index in [4.69, 9.17) is 0 Å². The molecule has 2 aromatic rings. The predicted octanol–water partition coefficient (Wildman–Crippen LogP) is 5.13. The minimum Gasteiger partial charge on any atom is -0.293 e. The van der Waals surface area contributed by atoms with Crippen LogP contribution in [-0.4, -0.2) is 5.78 Å². The molecule has 1 aromatic heterocycles. The summed E-state index contributed by atoms with van der Waals surface area (Å²) in [6, 6.07) is 12.6. The summed E-state index contributed by atoms with van der Waals surface area (Å²) in [5.74, 6) is 0.782. The Morgan fingerprint density at radius 1 is 1.11 bits per heavy atom. The van der Waals surface area contributed by atoms with E-state index < -0.39 is 0 Å². The molecular formula is C16H18OS. The molecule has 0 aliphatic carbocycles. The van der Waals surface area contributed by atoms with Gasteiger partial charge in [0.05, 0.1) is 4.88 Å². The van der Waals surface area contributed by atoms with Gasteiger partial charge in [-0.2, -0.15) is 0 Å². The van der Waals surface area contributed by atoms with Gasteiger partial charge in [0.1, 0.15) is 0 Å². The molecule has 0 spiro atoms. The number of Topliss-reactive ketones (excluding diaryl/α,β-unsaturated/α-hetero) is 1. The second-order valence-electron chi connectivity index (χ2n) is 4.72. The Morgan fingerprint density at radius 2 is 1.78 bits per heavy atom. The summed E-state index contributed by atoms with van der Waals surface area (Å²) in [4.78, 5) is 13.6. The highest BCUT2D eigenvalue weighted by atomic mass is 32.1. The third-order valence-corrected chi connectivity index (χ3v) is 4.24. The third-order valence-electron chi connectivity index (χ3n) is 3.06. The molecule has 0 atom stereocenters. The molecule has 0 saturated heterocycles. The molecule has 0 unspecified atom stereocenters. The van der Waals surface area contributed by atoms with Crippen molar-refractivity contribution in [1.29, 1.82) is 0 Å². The van der Waals surface area contributed by atoms with Crippen LogP contribution in [0, 0.1) is 0 Å². The van der Waals surface area contributed by atoms with Crippen molar-refractivity contribution in [2.75, 3.05) is 0 Å². The minimum atomic E-state index is 0.227. The highest BCUT2D eigenvalue weighted by molar-refractivity contribution is 7.17. The SMILES string of the molecule is CCC(=O)c1ccc(-c2ccc(C(C)C)cc2)s1. The largest absolute Gasteiger partial charge is 0.293 e. The molecule has 0 saturated carbocycles. The maximum Gasteiger partial charge on any atom is 0.172 e. The zero-order valence-electron chi connectivity index (χ0n) is 11.1. The number of carbonyl (C=O) groups is 1. The van der Waals surface area contributed by atoms with E-state index in [1.165, 1.54) is 16.0 Å². The number of hydrogen-bond donors (Lipinski definition) is 0. The summed E-state index contributed by atoms with van der Waals surface area (Å²) in [7, 11) is 0. The Bertz CT molecular complexity index is 534. The zero-order valence-corrected chi connectivity index (χ0v) is 11.9. The van der Waals surface area contributed by atoms with Crippen molar-refractivity contribution >= 4 is 17.1 Å². The first kappa shape index (κ1) is 13.0. The van der Waals surface area contributed by atoms with Crippen molar-refractivity contribution in [1.82, 2.24) is 0 Å². The van der Waals surface area contributed by atoms with E-state index in [1.54, 1.807) is 11.3 Å². The van der Waals surface area contributed by atoms with E-state index in [0.29, 0.717) is 12.3 Å². The number of rotatable bonds is 4. The van der Waals surface area contributed by atoms with Crippen LogP contribution in [0.1, 0.15) is 48.3 Å². The lowest BCUT2D eigenvalue weighted by Crippen LogP contribution is -1.90. The highest BCUT2D eigenvalue weighted by Crippen LogP contribution is 2.29. The first-order valence-electron chi connectivity index (χ1n) is 6.35. The van der Waals surface area contributed by atoms with Crippen molar-refractivity contribution in [2.45, 2.75) is 33.1 Å². The number of carbonyl (C=O) groups excluding carboxylic acids is 1. The molecular weight excluding hydrogens is 240 g/mol. The van der Waals surface area contributed by atoms with Crippen LogP contribution in [-0.2, 0) is 0 Å². The highest BCUT2D eigenvalue weighted by Gasteiger charge is 2.08. The van der Waals surface area contributed by atoms with Crippen LogP contribution in [0.5, 0.6) is 0 Å². The van der Waals surface area contributed by atoms with E-state index >= 15 is 0 Å². The average Bonchev–Trinajstić information content (AvgIpc) is 2.87. The average molecular weight is 258 g/mol. The van der Waals surface area contributed by atoms with Gasteiger partial charge in [0.2, 0.25) is 0 Å². The first-order chi connectivity index (χ1) is 8.61. The van der Waals surface area contributed by atoms with E-state index in [9.17, 15) is 4.79 Å². The van der Waals surface area contributed by atoms with Crippen molar-refractivity contribution < 1.29 is 4.79 Å². The fourth-order valence-corrected chi connectivity index (χ4v) is 2.87. The third kappa shape index (κ3) is 2.70. The van der Waals surface area contributed by atoms with E-state index in [1.807, 2.05) is 19.1 Å². The van der Waals surface area contributed by atoms with Gasteiger partial charge in [-0.1, -0.05) is 45.0 Å². The molecule has 0 N–H and O–H groups in total. The van der Waals surface area contributed by atoms with Gasteiger partial charge in [-0.3, -0.25) is 4.79 Å². The van der Waals surface area contributed by atoms with Gasteiger partial charge in [0.25, 0.3) is 0 Å². The molecule has 1 nitrogen and oxygen atoms in total. The normalized spacial score (nSPS) is 10.9. The second kappa shape index (κ2) is 5.49. The van der Waals surface area contributed by atoms with Crippen molar-refractivity contribution in [3.63, 3.8) is 0 Å². The summed E-state index contributed by atoms with van der Waals surface area (Å²) < 4.78 is 0. The Balaban J connectivity index is 2.26. The fraction of sp³-hybridized carbons (Fsp3) is 0.312. The number of hydrogen-bond acceptors (Lipinski definition) is 2.